The minimum absolute atomic E-state index is 0.657. The highest BCUT2D eigenvalue weighted by Crippen LogP contribution is 2.35. The fourth-order valence-electron chi connectivity index (χ4n) is 4.76. The molecule has 178 valence electrons. The SMILES string of the molecule is COc1ccc(-c2nc3ccccc3n2-c2nc3ccc(N4CCN(C)CC4)cc3[nH]2)cc1OC. The van der Waals surface area contributed by atoms with Crippen LogP contribution in [0.2, 0.25) is 0 Å². The largest absolute Gasteiger partial charge is 0.493 e. The van der Waals surface area contributed by atoms with Crippen LogP contribution in [0.5, 0.6) is 11.5 Å². The zero-order chi connectivity index (χ0) is 23.9. The fraction of sp³-hybridized carbons (Fsp3) is 0.259. The normalized spacial score (nSPS) is 14.7. The molecule has 1 aliphatic rings. The summed E-state index contributed by atoms with van der Waals surface area (Å²) in [5, 5.41) is 0. The molecule has 3 aromatic carbocycles. The lowest BCUT2D eigenvalue weighted by Gasteiger charge is -2.34. The van der Waals surface area contributed by atoms with Gasteiger partial charge in [0.1, 0.15) is 5.82 Å². The number of ether oxygens (including phenoxy) is 2. The molecule has 8 heteroatoms. The molecule has 8 nitrogen and oxygen atoms in total. The van der Waals surface area contributed by atoms with Crippen LogP contribution in [-0.4, -0.2) is 71.9 Å². The van der Waals surface area contributed by atoms with Crippen LogP contribution in [0, 0.1) is 0 Å². The molecular weight excluding hydrogens is 440 g/mol. The molecule has 0 unspecified atom stereocenters. The molecule has 35 heavy (non-hydrogen) atoms. The fourth-order valence-corrected chi connectivity index (χ4v) is 4.76. The molecule has 0 atom stereocenters. The summed E-state index contributed by atoms with van der Waals surface area (Å²) in [5.74, 6) is 2.85. The molecule has 1 fully saturated rings. The van der Waals surface area contributed by atoms with Gasteiger partial charge in [0.2, 0.25) is 5.95 Å². The van der Waals surface area contributed by atoms with Gasteiger partial charge in [-0.05, 0) is 55.6 Å². The highest BCUT2D eigenvalue weighted by molar-refractivity contribution is 5.85. The third-order valence-electron chi connectivity index (χ3n) is 6.74. The number of rotatable bonds is 5. The van der Waals surface area contributed by atoms with Crippen LogP contribution in [0.3, 0.4) is 0 Å². The first-order valence-electron chi connectivity index (χ1n) is 11.8. The average Bonchev–Trinajstić information content (AvgIpc) is 3.49. The summed E-state index contributed by atoms with van der Waals surface area (Å²) < 4.78 is 13.1. The van der Waals surface area contributed by atoms with Crippen LogP contribution in [0.1, 0.15) is 0 Å². The highest BCUT2D eigenvalue weighted by Gasteiger charge is 2.20. The lowest BCUT2D eigenvalue weighted by molar-refractivity contribution is 0.313. The topological polar surface area (TPSA) is 71.4 Å². The molecule has 0 aliphatic carbocycles. The Kier molecular flexibility index (Phi) is 5.30. The van der Waals surface area contributed by atoms with Gasteiger partial charge in [0.05, 0.1) is 36.3 Å². The van der Waals surface area contributed by atoms with Crippen LogP contribution in [0.4, 0.5) is 5.69 Å². The Hall–Kier alpha value is -4.04. The predicted molar refractivity (Wildman–Crippen MR) is 139 cm³/mol. The van der Waals surface area contributed by atoms with Gasteiger partial charge in [0.15, 0.2) is 11.5 Å². The number of hydrogen-bond donors (Lipinski definition) is 1. The molecule has 1 N–H and O–H groups in total. The third-order valence-corrected chi connectivity index (χ3v) is 6.74. The molecule has 0 radical (unpaired) electrons. The van der Waals surface area contributed by atoms with Gasteiger partial charge in [-0.25, -0.2) is 9.97 Å². The summed E-state index contributed by atoms with van der Waals surface area (Å²) in [7, 11) is 5.45. The smallest absolute Gasteiger partial charge is 0.214 e. The summed E-state index contributed by atoms with van der Waals surface area (Å²) in [5.41, 5.74) is 5.95. The van der Waals surface area contributed by atoms with Crippen LogP contribution >= 0.6 is 0 Å². The van der Waals surface area contributed by atoms with E-state index >= 15 is 0 Å². The van der Waals surface area contributed by atoms with E-state index in [9.17, 15) is 0 Å². The van der Waals surface area contributed by atoms with E-state index in [1.165, 1.54) is 5.69 Å². The van der Waals surface area contributed by atoms with Crippen molar-refractivity contribution in [2.45, 2.75) is 0 Å². The first-order valence-corrected chi connectivity index (χ1v) is 11.8. The molecule has 1 aliphatic heterocycles. The predicted octanol–water partition coefficient (Wildman–Crippen LogP) is 4.34. The Morgan fingerprint density at radius 3 is 2.40 bits per heavy atom. The third kappa shape index (κ3) is 3.76. The second-order valence-electron chi connectivity index (χ2n) is 8.88. The molecule has 0 amide bonds. The summed E-state index contributed by atoms with van der Waals surface area (Å²) in [6.07, 6.45) is 0. The van der Waals surface area contributed by atoms with Crippen molar-refractivity contribution in [2.75, 3.05) is 52.3 Å². The van der Waals surface area contributed by atoms with E-state index in [0.717, 1.165) is 65.6 Å². The molecular formula is C27H28N6O2. The Balaban J connectivity index is 1.47. The van der Waals surface area contributed by atoms with Gasteiger partial charge in [-0.1, -0.05) is 12.1 Å². The zero-order valence-corrected chi connectivity index (χ0v) is 20.2. The van der Waals surface area contributed by atoms with Crippen LogP contribution in [0.25, 0.3) is 39.4 Å². The standard InChI is InChI=1S/C27H28N6O2/c1-31-12-14-32(15-13-31)19-9-10-20-22(17-19)30-27(29-20)33-23-7-5-4-6-21(23)28-26(33)18-8-11-24(34-2)25(16-18)35-3/h4-11,16-17H,12-15H2,1-3H3,(H,29,30). The van der Waals surface area contributed by atoms with Crippen molar-refractivity contribution in [1.29, 1.82) is 0 Å². The van der Waals surface area contributed by atoms with Crippen molar-refractivity contribution in [1.82, 2.24) is 24.4 Å². The number of aromatic nitrogens is 4. The van der Waals surface area contributed by atoms with E-state index in [1.54, 1.807) is 14.2 Å². The maximum absolute atomic E-state index is 5.55. The van der Waals surface area contributed by atoms with Gasteiger partial charge < -0.3 is 24.3 Å². The number of likely N-dealkylation sites (N-methyl/N-ethyl adjacent to an activating group) is 1. The van der Waals surface area contributed by atoms with Crippen molar-refractivity contribution >= 4 is 27.8 Å². The molecule has 0 bridgehead atoms. The second kappa shape index (κ2) is 8.63. The Morgan fingerprint density at radius 2 is 1.60 bits per heavy atom. The van der Waals surface area contributed by atoms with E-state index in [2.05, 4.69) is 50.7 Å². The van der Waals surface area contributed by atoms with E-state index in [1.807, 2.05) is 36.4 Å². The maximum Gasteiger partial charge on any atom is 0.214 e. The van der Waals surface area contributed by atoms with E-state index in [4.69, 9.17) is 19.4 Å². The lowest BCUT2D eigenvalue weighted by atomic mass is 10.2. The number of anilines is 1. The quantitative estimate of drug-likeness (QED) is 0.414. The summed E-state index contributed by atoms with van der Waals surface area (Å²) >= 11 is 0. The van der Waals surface area contributed by atoms with Crippen LogP contribution < -0.4 is 14.4 Å². The molecule has 0 spiro atoms. The number of piperazine rings is 1. The number of methoxy groups -OCH3 is 2. The minimum Gasteiger partial charge on any atom is -0.493 e. The van der Waals surface area contributed by atoms with E-state index in [0.29, 0.717) is 11.5 Å². The zero-order valence-electron chi connectivity index (χ0n) is 20.2. The number of hydrogen-bond acceptors (Lipinski definition) is 6. The van der Waals surface area contributed by atoms with E-state index < -0.39 is 0 Å². The van der Waals surface area contributed by atoms with Crippen molar-refractivity contribution in [3.05, 3.63) is 60.7 Å². The van der Waals surface area contributed by atoms with Crippen molar-refractivity contribution < 1.29 is 9.47 Å². The Bertz CT molecular complexity index is 1510. The first-order chi connectivity index (χ1) is 17.1. The highest BCUT2D eigenvalue weighted by atomic mass is 16.5. The van der Waals surface area contributed by atoms with Gasteiger partial charge in [-0.15, -0.1) is 0 Å². The Labute approximate surface area is 203 Å². The first kappa shape index (κ1) is 21.5. The van der Waals surface area contributed by atoms with E-state index in [-0.39, 0.29) is 0 Å². The van der Waals surface area contributed by atoms with Crippen molar-refractivity contribution in [3.8, 4) is 28.8 Å². The van der Waals surface area contributed by atoms with Crippen LogP contribution in [-0.2, 0) is 0 Å². The second-order valence-corrected chi connectivity index (χ2v) is 8.88. The summed E-state index contributed by atoms with van der Waals surface area (Å²) in [6, 6.07) is 20.4. The average molecular weight is 469 g/mol. The van der Waals surface area contributed by atoms with Gasteiger partial charge >= 0.3 is 0 Å². The molecule has 5 aromatic rings. The molecule has 1 saturated heterocycles. The number of benzene rings is 3. The lowest BCUT2D eigenvalue weighted by Crippen LogP contribution is -2.44. The number of nitrogens with zero attached hydrogens (tertiary/aromatic N) is 5. The number of para-hydroxylation sites is 2. The minimum atomic E-state index is 0.657. The number of H-pyrrole nitrogens is 1. The monoisotopic (exact) mass is 468 g/mol. The number of nitrogens with one attached hydrogen (secondary N) is 1. The Morgan fingerprint density at radius 1 is 0.800 bits per heavy atom. The number of aromatic amines is 1. The van der Waals surface area contributed by atoms with Crippen LogP contribution in [0.15, 0.2) is 60.7 Å². The van der Waals surface area contributed by atoms with Gasteiger partial charge in [0, 0.05) is 37.4 Å². The van der Waals surface area contributed by atoms with Crippen molar-refractivity contribution in [3.63, 3.8) is 0 Å². The van der Waals surface area contributed by atoms with Gasteiger partial charge in [-0.2, -0.15) is 0 Å². The molecule has 0 saturated carbocycles. The van der Waals surface area contributed by atoms with Gasteiger partial charge in [0.25, 0.3) is 0 Å². The number of imidazole rings is 2. The molecule has 6 rings (SSSR count). The summed E-state index contributed by atoms with van der Waals surface area (Å²) in [4.78, 5) is 18.3. The maximum atomic E-state index is 5.55. The van der Waals surface area contributed by atoms with Gasteiger partial charge in [-0.3, -0.25) is 4.57 Å². The summed E-state index contributed by atoms with van der Waals surface area (Å²) in [6.45, 7) is 4.20. The van der Waals surface area contributed by atoms with Crippen molar-refractivity contribution in [2.24, 2.45) is 0 Å². The molecule has 2 aromatic heterocycles. The molecule has 3 heterocycles. The number of fused-ring (bicyclic) bond motifs is 2.